The normalized spacial score (nSPS) is 17.3. The van der Waals surface area contributed by atoms with Gasteiger partial charge in [-0.15, -0.1) is 0 Å². The van der Waals surface area contributed by atoms with E-state index >= 15 is 0 Å². The number of anilines is 1. The van der Waals surface area contributed by atoms with Crippen molar-refractivity contribution in [1.29, 1.82) is 0 Å². The van der Waals surface area contributed by atoms with Crippen molar-refractivity contribution in [3.8, 4) is 0 Å². The molecule has 0 saturated carbocycles. The van der Waals surface area contributed by atoms with Crippen LogP contribution >= 0.6 is 11.6 Å². The van der Waals surface area contributed by atoms with Crippen LogP contribution in [0.15, 0.2) is 18.2 Å². The topological polar surface area (TPSA) is 18.5 Å². The average molecular weight is 322 g/mol. The molecule has 0 spiro atoms. The van der Waals surface area contributed by atoms with E-state index in [0.29, 0.717) is 37.7 Å². The molecule has 0 aromatic heterocycles. The molecule has 0 radical (unpaired) electrons. The van der Waals surface area contributed by atoms with Gasteiger partial charge in [-0.2, -0.15) is 13.2 Å². The molecule has 0 amide bonds. The summed E-state index contributed by atoms with van der Waals surface area (Å²) in [5, 5.41) is 3.74. The SMILES string of the molecule is CNCc1ccc(Cl)cc1N1CCN(CC(F)(F)F)CC1. The summed E-state index contributed by atoms with van der Waals surface area (Å²) in [4.78, 5) is 3.55. The Morgan fingerprint density at radius 2 is 1.86 bits per heavy atom. The van der Waals surface area contributed by atoms with Crippen molar-refractivity contribution >= 4 is 17.3 Å². The highest BCUT2D eigenvalue weighted by atomic mass is 35.5. The van der Waals surface area contributed by atoms with Crippen LogP contribution in [0.1, 0.15) is 5.56 Å². The number of hydrogen-bond acceptors (Lipinski definition) is 3. The van der Waals surface area contributed by atoms with Gasteiger partial charge in [-0.25, -0.2) is 0 Å². The highest BCUT2D eigenvalue weighted by Crippen LogP contribution is 2.26. The molecule has 118 valence electrons. The van der Waals surface area contributed by atoms with Crippen LogP contribution in [0, 0.1) is 0 Å². The van der Waals surface area contributed by atoms with E-state index < -0.39 is 12.7 Å². The minimum absolute atomic E-state index is 0.408. The predicted octanol–water partition coefficient (Wildman–Crippen LogP) is 2.74. The van der Waals surface area contributed by atoms with Crippen LogP contribution in [0.25, 0.3) is 0 Å². The number of alkyl halides is 3. The first-order valence-corrected chi connectivity index (χ1v) is 7.24. The van der Waals surface area contributed by atoms with Crippen molar-refractivity contribution < 1.29 is 13.2 Å². The molecule has 0 aliphatic carbocycles. The zero-order valence-corrected chi connectivity index (χ0v) is 12.6. The lowest BCUT2D eigenvalue weighted by Gasteiger charge is -2.37. The Bertz CT molecular complexity index is 471. The summed E-state index contributed by atoms with van der Waals surface area (Å²) in [5.74, 6) is 0. The first-order valence-electron chi connectivity index (χ1n) is 6.86. The van der Waals surface area contributed by atoms with E-state index in [2.05, 4.69) is 10.2 Å². The van der Waals surface area contributed by atoms with Gasteiger partial charge in [0.2, 0.25) is 0 Å². The molecule has 0 unspecified atom stereocenters. The van der Waals surface area contributed by atoms with Crippen LogP contribution in [0.4, 0.5) is 18.9 Å². The summed E-state index contributed by atoms with van der Waals surface area (Å²) in [7, 11) is 1.86. The van der Waals surface area contributed by atoms with Gasteiger partial charge in [0.25, 0.3) is 0 Å². The monoisotopic (exact) mass is 321 g/mol. The number of nitrogens with zero attached hydrogens (tertiary/aromatic N) is 2. The number of nitrogens with one attached hydrogen (secondary N) is 1. The van der Waals surface area contributed by atoms with Gasteiger partial charge in [0, 0.05) is 43.4 Å². The highest BCUT2D eigenvalue weighted by Gasteiger charge is 2.32. The van der Waals surface area contributed by atoms with Crippen molar-refractivity contribution in [3.05, 3.63) is 28.8 Å². The third-order valence-corrected chi connectivity index (χ3v) is 3.77. The van der Waals surface area contributed by atoms with E-state index in [-0.39, 0.29) is 0 Å². The molecule has 1 aromatic rings. The van der Waals surface area contributed by atoms with Crippen molar-refractivity contribution in [2.45, 2.75) is 12.7 Å². The van der Waals surface area contributed by atoms with E-state index in [9.17, 15) is 13.2 Å². The standard InChI is InChI=1S/C14H19ClF3N3/c1-19-9-11-2-3-12(15)8-13(11)21-6-4-20(5-7-21)10-14(16,17)18/h2-3,8,19H,4-7,9-10H2,1H3. The number of piperazine rings is 1. The maximum absolute atomic E-state index is 12.4. The number of benzene rings is 1. The molecule has 0 atom stereocenters. The van der Waals surface area contributed by atoms with Gasteiger partial charge in [0.1, 0.15) is 0 Å². The molecule has 3 nitrogen and oxygen atoms in total. The molecule has 1 aromatic carbocycles. The van der Waals surface area contributed by atoms with Crippen LogP contribution < -0.4 is 10.2 Å². The minimum atomic E-state index is -4.13. The zero-order valence-electron chi connectivity index (χ0n) is 11.9. The van der Waals surface area contributed by atoms with Gasteiger partial charge in [0.15, 0.2) is 0 Å². The summed E-state index contributed by atoms with van der Waals surface area (Å²) < 4.78 is 37.2. The van der Waals surface area contributed by atoms with Crippen LogP contribution in [0.2, 0.25) is 5.02 Å². The molecule has 1 fully saturated rings. The lowest BCUT2D eigenvalue weighted by atomic mass is 10.1. The second-order valence-corrected chi connectivity index (χ2v) is 5.62. The maximum atomic E-state index is 12.4. The van der Waals surface area contributed by atoms with Crippen molar-refractivity contribution in [2.24, 2.45) is 0 Å². The largest absolute Gasteiger partial charge is 0.401 e. The fourth-order valence-electron chi connectivity index (χ4n) is 2.57. The Hall–Kier alpha value is -0.980. The zero-order chi connectivity index (χ0) is 15.5. The summed E-state index contributed by atoms with van der Waals surface area (Å²) in [6.45, 7) is 1.84. The Morgan fingerprint density at radius 1 is 1.19 bits per heavy atom. The summed E-state index contributed by atoms with van der Waals surface area (Å²) in [6, 6.07) is 5.67. The Labute approximate surface area is 127 Å². The Kier molecular flexibility index (Phi) is 5.35. The van der Waals surface area contributed by atoms with Gasteiger partial charge < -0.3 is 10.2 Å². The summed E-state index contributed by atoms with van der Waals surface area (Å²) in [6.07, 6.45) is -4.13. The number of halogens is 4. The van der Waals surface area contributed by atoms with Crippen LogP contribution in [-0.2, 0) is 6.54 Å². The van der Waals surface area contributed by atoms with E-state index in [4.69, 9.17) is 11.6 Å². The summed E-state index contributed by atoms with van der Waals surface area (Å²) in [5.41, 5.74) is 2.11. The Balaban J connectivity index is 2.03. The van der Waals surface area contributed by atoms with Crippen LogP contribution in [-0.4, -0.2) is 50.8 Å². The molecule has 1 aliphatic rings. The minimum Gasteiger partial charge on any atom is -0.369 e. The maximum Gasteiger partial charge on any atom is 0.401 e. The molecule has 1 heterocycles. The van der Waals surface area contributed by atoms with E-state index in [0.717, 1.165) is 11.3 Å². The molecule has 0 bridgehead atoms. The second-order valence-electron chi connectivity index (χ2n) is 5.18. The predicted molar refractivity (Wildman–Crippen MR) is 78.9 cm³/mol. The molecule has 7 heteroatoms. The highest BCUT2D eigenvalue weighted by molar-refractivity contribution is 6.30. The molecule has 1 N–H and O–H groups in total. The Morgan fingerprint density at radius 3 is 2.43 bits per heavy atom. The lowest BCUT2D eigenvalue weighted by Crippen LogP contribution is -2.49. The van der Waals surface area contributed by atoms with E-state index in [1.165, 1.54) is 4.90 Å². The average Bonchev–Trinajstić information content (AvgIpc) is 2.40. The second kappa shape index (κ2) is 6.85. The molecule has 1 saturated heterocycles. The van der Waals surface area contributed by atoms with E-state index in [1.54, 1.807) is 0 Å². The van der Waals surface area contributed by atoms with Gasteiger partial charge in [-0.3, -0.25) is 4.90 Å². The van der Waals surface area contributed by atoms with Gasteiger partial charge in [-0.1, -0.05) is 17.7 Å². The first-order chi connectivity index (χ1) is 9.89. The van der Waals surface area contributed by atoms with Gasteiger partial charge in [-0.05, 0) is 24.7 Å². The number of hydrogen-bond donors (Lipinski definition) is 1. The first kappa shape index (κ1) is 16.4. The van der Waals surface area contributed by atoms with Crippen molar-refractivity contribution in [1.82, 2.24) is 10.2 Å². The van der Waals surface area contributed by atoms with Crippen molar-refractivity contribution in [3.63, 3.8) is 0 Å². The molecule has 1 aliphatic heterocycles. The third-order valence-electron chi connectivity index (χ3n) is 3.53. The quantitative estimate of drug-likeness (QED) is 0.920. The molecule has 2 rings (SSSR count). The third kappa shape index (κ3) is 4.76. The fraction of sp³-hybridized carbons (Fsp3) is 0.571. The van der Waals surface area contributed by atoms with Crippen LogP contribution in [0.5, 0.6) is 0 Å². The molecular formula is C14H19ClF3N3. The van der Waals surface area contributed by atoms with Crippen molar-refractivity contribution in [2.75, 3.05) is 44.7 Å². The smallest absolute Gasteiger partial charge is 0.369 e. The van der Waals surface area contributed by atoms with E-state index in [1.807, 2.05) is 25.2 Å². The van der Waals surface area contributed by atoms with Crippen LogP contribution in [0.3, 0.4) is 0 Å². The lowest BCUT2D eigenvalue weighted by molar-refractivity contribution is -0.146. The summed E-state index contributed by atoms with van der Waals surface area (Å²) >= 11 is 6.05. The fourth-order valence-corrected chi connectivity index (χ4v) is 2.74. The van der Waals surface area contributed by atoms with Gasteiger partial charge >= 0.3 is 6.18 Å². The molecular weight excluding hydrogens is 303 g/mol. The molecule has 21 heavy (non-hydrogen) atoms. The van der Waals surface area contributed by atoms with Gasteiger partial charge in [0.05, 0.1) is 6.54 Å². The number of rotatable bonds is 4.